The highest BCUT2D eigenvalue weighted by Gasteiger charge is 2.47. The van der Waals surface area contributed by atoms with E-state index < -0.39 is 36.0 Å². The number of hydrogen-bond acceptors (Lipinski definition) is 5. The molecule has 1 heterocycles. The van der Waals surface area contributed by atoms with Crippen molar-refractivity contribution < 1.29 is 18.6 Å². The fourth-order valence-corrected chi connectivity index (χ4v) is 3.51. The van der Waals surface area contributed by atoms with E-state index in [0.29, 0.717) is 0 Å². The first kappa shape index (κ1) is 25.2. The maximum Gasteiger partial charge on any atom is 0.265 e. The first-order valence-corrected chi connectivity index (χ1v) is 13.0. The molecule has 0 amide bonds. The third-order valence-corrected chi connectivity index (χ3v) is 9.87. The van der Waals surface area contributed by atoms with Gasteiger partial charge in [0.2, 0.25) is 5.90 Å². The van der Waals surface area contributed by atoms with Crippen molar-refractivity contribution in [3.8, 4) is 0 Å². The fourth-order valence-electron chi connectivity index (χ4n) is 2.36. The predicted octanol–water partition coefficient (Wildman–Crippen LogP) is 5.84. The van der Waals surface area contributed by atoms with Crippen LogP contribution in [0.5, 0.6) is 0 Å². The minimum atomic E-state index is -2.06. The number of rotatable bonds is 6. The maximum atomic E-state index is 7.98. The normalized spacial score (nSPS) is 25.0. The van der Waals surface area contributed by atoms with Crippen LogP contribution in [0, 0.1) is 5.41 Å². The van der Waals surface area contributed by atoms with Crippen molar-refractivity contribution in [1.82, 2.24) is 0 Å². The molecule has 0 aromatic rings. The molecule has 1 aliphatic heterocycles. The number of ether oxygens (including phenoxy) is 3. The van der Waals surface area contributed by atoms with Gasteiger partial charge in [0, 0.05) is 0 Å². The summed E-state index contributed by atoms with van der Waals surface area (Å²) in [6.07, 6.45) is 2.25. The van der Waals surface area contributed by atoms with Crippen molar-refractivity contribution in [2.24, 2.45) is 0 Å². The largest absolute Gasteiger partial charge is 0.469 e. The number of allylic oxidation sites excluding steroid dienone is 1. The van der Waals surface area contributed by atoms with Gasteiger partial charge in [0.1, 0.15) is 12.2 Å². The molecule has 1 N–H and O–H groups in total. The van der Waals surface area contributed by atoms with Crippen LogP contribution >= 0.6 is 34.8 Å². The van der Waals surface area contributed by atoms with Crippen molar-refractivity contribution in [3.63, 3.8) is 0 Å². The zero-order chi connectivity index (χ0) is 21.3. The van der Waals surface area contributed by atoms with Gasteiger partial charge in [0.25, 0.3) is 3.79 Å². The van der Waals surface area contributed by atoms with Gasteiger partial charge in [-0.1, -0.05) is 67.7 Å². The molecule has 0 aromatic carbocycles. The lowest BCUT2D eigenvalue weighted by Crippen LogP contribution is -2.48. The van der Waals surface area contributed by atoms with E-state index in [1.807, 2.05) is 32.9 Å². The molecule has 27 heavy (non-hydrogen) atoms. The summed E-state index contributed by atoms with van der Waals surface area (Å²) in [5.41, 5.74) is 0. The van der Waals surface area contributed by atoms with Gasteiger partial charge in [0.05, 0.1) is 6.61 Å². The van der Waals surface area contributed by atoms with Gasteiger partial charge in [-0.3, -0.25) is 5.41 Å². The highest BCUT2D eigenvalue weighted by atomic mass is 35.6. The predicted molar refractivity (Wildman–Crippen MR) is 115 cm³/mol. The second-order valence-electron chi connectivity index (χ2n) is 8.65. The highest BCUT2D eigenvalue weighted by Crippen LogP contribution is 2.38. The van der Waals surface area contributed by atoms with Crippen LogP contribution in [0.3, 0.4) is 0 Å². The summed E-state index contributed by atoms with van der Waals surface area (Å²) in [7, 11) is -2.06. The van der Waals surface area contributed by atoms with Crippen molar-refractivity contribution >= 4 is 49.0 Å². The number of nitrogens with one attached hydrogen (secondary N) is 1. The molecule has 1 aliphatic rings. The smallest absolute Gasteiger partial charge is 0.265 e. The lowest BCUT2D eigenvalue weighted by atomic mass is 10.1. The lowest BCUT2D eigenvalue weighted by Gasteiger charge is -2.38. The van der Waals surface area contributed by atoms with E-state index in [9.17, 15) is 0 Å². The van der Waals surface area contributed by atoms with Gasteiger partial charge < -0.3 is 18.6 Å². The standard InChI is InChI=1S/C18H32Cl3NO4Si/c1-9-10-12-14(26-17(5,6)25-12)13(24-15(22)18(19,20)21)11-23-27(7,8)16(2,3)4/h9-10,12-14,22H,11H2,1-8H3/b10-9+,22-15?/t12-,13+,14+/m0/s1. The monoisotopic (exact) mass is 459 g/mol. The quantitative estimate of drug-likeness (QED) is 0.178. The first-order chi connectivity index (χ1) is 12.0. The van der Waals surface area contributed by atoms with E-state index in [1.165, 1.54) is 0 Å². The van der Waals surface area contributed by atoms with Crippen molar-refractivity contribution in [1.29, 1.82) is 5.41 Å². The molecule has 3 atom stereocenters. The molecule has 0 saturated carbocycles. The fraction of sp³-hybridized carbons (Fsp3) is 0.833. The zero-order valence-electron chi connectivity index (χ0n) is 17.4. The van der Waals surface area contributed by atoms with Crippen molar-refractivity contribution in [2.45, 2.75) is 87.6 Å². The van der Waals surface area contributed by atoms with E-state index in [0.717, 1.165) is 0 Å². The Bertz CT molecular complexity index is 556. The molecule has 9 heteroatoms. The van der Waals surface area contributed by atoms with E-state index in [-0.39, 0.29) is 17.7 Å². The van der Waals surface area contributed by atoms with Gasteiger partial charge in [-0.2, -0.15) is 0 Å². The Kier molecular flexibility index (Phi) is 8.31. The van der Waals surface area contributed by atoms with E-state index in [1.54, 1.807) is 0 Å². The van der Waals surface area contributed by atoms with Crippen molar-refractivity contribution in [3.05, 3.63) is 12.2 Å². The highest BCUT2D eigenvalue weighted by molar-refractivity contribution is 6.76. The molecule has 1 rings (SSSR count). The maximum absolute atomic E-state index is 7.98. The topological polar surface area (TPSA) is 60.8 Å². The minimum absolute atomic E-state index is 0.0231. The molecule has 158 valence electrons. The van der Waals surface area contributed by atoms with Crippen LogP contribution in [0.2, 0.25) is 18.1 Å². The number of alkyl halides is 3. The molecule has 0 aliphatic carbocycles. The second kappa shape index (κ2) is 8.90. The summed E-state index contributed by atoms with van der Waals surface area (Å²) in [6.45, 7) is 16.5. The molecule has 0 radical (unpaired) electrons. The Labute approximate surface area is 179 Å². The van der Waals surface area contributed by atoms with Gasteiger partial charge in [-0.25, -0.2) is 0 Å². The molecule has 0 spiro atoms. The third-order valence-electron chi connectivity index (χ3n) is 4.85. The Hall–Kier alpha value is 0.177. The molecular weight excluding hydrogens is 429 g/mol. The van der Waals surface area contributed by atoms with Gasteiger partial charge in [-0.15, -0.1) is 0 Å². The van der Waals surface area contributed by atoms with E-state index >= 15 is 0 Å². The minimum Gasteiger partial charge on any atom is -0.469 e. The molecule has 0 unspecified atom stereocenters. The average molecular weight is 461 g/mol. The molecule has 1 saturated heterocycles. The summed E-state index contributed by atoms with van der Waals surface area (Å²) in [4.78, 5) is 0. The lowest BCUT2D eigenvalue weighted by molar-refractivity contribution is -0.154. The third kappa shape index (κ3) is 7.18. The summed E-state index contributed by atoms with van der Waals surface area (Å²) in [5, 5.41) is 8.00. The van der Waals surface area contributed by atoms with Crippen LogP contribution in [0.1, 0.15) is 41.5 Å². The van der Waals surface area contributed by atoms with Gasteiger partial charge in [0.15, 0.2) is 20.2 Å². The molecular formula is C18H32Cl3NO4Si. The molecule has 1 fully saturated rings. The molecule has 5 nitrogen and oxygen atoms in total. The van der Waals surface area contributed by atoms with Crippen LogP contribution in [0.25, 0.3) is 0 Å². The summed E-state index contributed by atoms with van der Waals surface area (Å²) in [6, 6.07) is 0. The zero-order valence-corrected chi connectivity index (χ0v) is 20.6. The Morgan fingerprint density at radius 3 is 2.22 bits per heavy atom. The Balaban J connectivity index is 3.09. The Morgan fingerprint density at radius 2 is 1.78 bits per heavy atom. The van der Waals surface area contributed by atoms with Gasteiger partial charge >= 0.3 is 0 Å². The summed E-state index contributed by atoms with van der Waals surface area (Å²) >= 11 is 17.4. The van der Waals surface area contributed by atoms with Gasteiger partial charge in [-0.05, 0) is 38.9 Å². The SMILES string of the molecule is C/C=C/[C@@H]1OC(C)(C)O[C@H]1[C@@H](CO[Si](C)(C)C(C)(C)C)OC(=N)C(Cl)(Cl)Cl. The summed E-state index contributed by atoms with van der Waals surface area (Å²) in [5.74, 6) is -1.26. The number of hydrogen-bond donors (Lipinski definition) is 1. The van der Waals surface area contributed by atoms with Crippen LogP contribution in [0.15, 0.2) is 12.2 Å². The van der Waals surface area contributed by atoms with E-state index in [2.05, 4.69) is 33.9 Å². The van der Waals surface area contributed by atoms with Crippen LogP contribution in [0.4, 0.5) is 0 Å². The van der Waals surface area contributed by atoms with E-state index in [4.69, 9.17) is 58.8 Å². The Morgan fingerprint density at radius 1 is 1.22 bits per heavy atom. The van der Waals surface area contributed by atoms with Crippen LogP contribution in [-0.2, 0) is 18.6 Å². The average Bonchev–Trinajstić information content (AvgIpc) is 2.76. The van der Waals surface area contributed by atoms with Crippen LogP contribution < -0.4 is 0 Å². The second-order valence-corrected chi connectivity index (χ2v) is 15.7. The molecule has 0 bridgehead atoms. The number of halogens is 3. The van der Waals surface area contributed by atoms with Crippen molar-refractivity contribution in [2.75, 3.05) is 6.61 Å². The first-order valence-electron chi connectivity index (χ1n) is 8.95. The van der Waals surface area contributed by atoms with Crippen LogP contribution in [-0.4, -0.2) is 48.7 Å². The summed E-state index contributed by atoms with van der Waals surface area (Å²) < 4.78 is 22.1. The molecule has 0 aromatic heterocycles.